The molecule has 0 aromatic carbocycles. The molecule has 2 amide bonds. The average Bonchev–Trinajstić information content (AvgIpc) is 2.35. The molecule has 6 heteroatoms. The SMILES string of the molecule is COCCC(N)C(=O)N1CCC(CC(N)=O)CC1. The van der Waals surface area contributed by atoms with Crippen molar-refractivity contribution in [3.05, 3.63) is 0 Å². The van der Waals surface area contributed by atoms with E-state index in [1.165, 1.54) is 0 Å². The van der Waals surface area contributed by atoms with Crippen molar-refractivity contribution in [1.29, 1.82) is 0 Å². The number of methoxy groups -OCH3 is 1. The lowest BCUT2D eigenvalue weighted by atomic mass is 9.93. The van der Waals surface area contributed by atoms with Crippen molar-refractivity contribution >= 4 is 11.8 Å². The monoisotopic (exact) mass is 257 g/mol. The molecule has 1 heterocycles. The third kappa shape index (κ3) is 4.62. The van der Waals surface area contributed by atoms with Crippen molar-refractivity contribution in [1.82, 2.24) is 4.90 Å². The molecular weight excluding hydrogens is 234 g/mol. The van der Waals surface area contributed by atoms with Crippen molar-refractivity contribution in [3.8, 4) is 0 Å². The number of hydrogen-bond acceptors (Lipinski definition) is 4. The molecule has 1 aliphatic heterocycles. The molecule has 0 aromatic rings. The van der Waals surface area contributed by atoms with Crippen LogP contribution in [0.25, 0.3) is 0 Å². The zero-order valence-electron chi connectivity index (χ0n) is 10.9. The van der Waals surface area contributed by atoms with Crippen molar-refractivity contribution < 1.29 is 14.3 Å². The topological polar surface area (TPSA) is 98.7 Å². The predicted octanol–water partition coefficient (Wildman–Crippen LogP) is -0.536. The third-order valence-corrected chi connectivity index (χ3v) is 3.37. The average molecular weight is 257 g/mol. The van der Waals surface area contributed by atoms with Gasteiger partial charge in [0.25, 0.3) is 0 Å². The zero-order chi connectivity index (χ0) is 13.5. The lowest BCUT2D eigenvalue weighted by molar-refractivity contribution is -0.134. The van der Waals surface area contributed by atoms with Gasteiger partial charge < -0.3 is 21.1 Å². The van der Waals surface area contributed by atoms with E-state index >= 15 is 0 Å². The quantitative estimate of drug-likeness (QED) is 0.668. The molecule has 0 radical (unpaired) electrons. The van der Waals surface area contributed by atoms with Gasteiger partial charge in [0.2, 0.25) is 11.8 Å². The largest absolute Gasteiger partial charge is 0.385 e. The van der Waals surface area contributed by atoms with Gasteiger partial charge in [-0.15, -0.1) is 0 Å². The number of nitrogens with two attached hydrogens (primary N) is 2. The standard InChI is InChI=1S/C12H23N3O3/c1-18-7-4-10(13)12(17)15-5-2-9(3-6-15)8-11(14)16/h9-10H,2-8,13H2,1H3,(H2,14,16). The summed E-state index contributed by atoms with van der Waals surface area (Å²) >= 11 is 0. The van der Waals surface area contributed by atoms with Gasteiger partial charge in [0.1, 0.15) is 0 Å². The smallest absolute Gasteiger partial charge is 0.239 e. The van der Waals surface area contributed by atoms with Gasteiger partial charge >= 0.3 is 0 Å². The van der Waals surface area contributed by atoms with Gasteiger partial charge in [-0.25, -0.2) is 0 Å². The van der Waals surface area contributed by atoms with E-state index in [0.717, 1.165) is 12.8 Å². The third-order valence-electron chi connectivity index (χ3n) is 3.37. The van der Waals surface area contributed by atoms with Crippen LogP contribution in [0.5, 0.6) is 0 Å². The van der Waals surface area contributed by atoms with E-state index in [-0.39, 0.29) is 11.8 Å². The number of carbonyl (C=O) groups is 2. The summed E-state index contributed by atoms with van der Waals surface area (Å²) in [4.78, 5) is 24.6. The number of amides is 2. The van der Waals surface area contributed by atoms with Crippen LogP contribution in [-0.4, -0.2) is 49.6 Å². The van der Waals surface area contributed by atoms with Gasteiger partial charge in [-0.1, -0.05) is 0 Å². The number of ether oxygens (including phenoxy) is 1. The van der Waals surface area contributed by atoms with E-state index in [2.05, 4.69) is 0 Å². The summed E-state index contributed by atoms with van der Waals surface area (Å²) in [5.41, 5.74) is 11.0. The highest BCUT2D eigenvalue weighted by atomic mass is 16.5. The maximum absolute atomic E-state index is 12.0. The van der Waals surface area contributed by atoms with Gasteiger partial charge in [-0.2, -0.15) is 0 Å². The van der Waals surface area contributed by atoms with E-state index in [4.69, 9.17) is 16.2 Å². The summed E-state index contributed by atoms with van der Waals surface area (Å²) in [5, 5.41) is 0. The number of rotatable bonds is 6. The summed E-state index contributed by atoms with van der Waals surface area (Å²) in [5.74, 6) is 0.0166. The van der Waals surface area contributed by atoms with Crippen LogP contribution in [0.1, 0.15) is 25.7 Å². The number of piperidine rings is 1. The summed E-state index contributed by atoms with van der Waals surface area (Å²) in [6, 6.07) is -0.488. The first kappa shape index (κ1) is 14.9. The van der Waals surface area contributed by atoms with Crippen LogP contribution in [0, 0.1) is 5.92 Å². The first-order valence-corrected chi connectivity index (χ1v) is 6.36. The summed E-state index contributed by atoms with van der Waals surface area (Å²) in [7, 11) is 1.59. The lowest BCUT2D eigenvalue weighted by Gasteiger charge is -2.33. The van der Waals surface area contributed by atoms with Gasteiger partial charge in [0.15, 0.2) is 0 Å². The molecular formula is C12H23N3O3. The second-order valence-electron chi connectivity index (χ2n) is 4.83. The highest BCUT2D eigenvalue weighted by Crippen LogP contribution is 2.20. The van der Waals surface area contributed by atoms with Crippen LogP contribution in [0.2, 0.25) is 0 Å². The maximum atomic E-state index is 12.0. The second kappa shape index (κ2) is 7.33. The number of hydrogen-bond donors (Lipinski definition) is 2. The van der Waals surface area contributed by atoms with Crippen LogP contribution in [0.3, 0.4) is 0 Å². The number of primary amides is 1. The Morgan fingerprint density at radius 2 is 2.00 bits per heavy atom. The minimum absolute atomic E-state index is 0.0235. The Morgan fingerprint density at radius 3 is 2.50 bits per heavy atom. The molecule has 0 aromatic heterocycles. The van der Waals surface area contributed by atoms with Gasteiger partial charge in [-0.3, -0.25) is 9.59 Å². The Labute approximate surface area is 108 Å². The maximum Gasteiger partial charge on any atom is 0.239 e. The second-order valence-corrected chi connectivity index (χ2v) is 4.83. The first-order valence-electron chi connectivity index (χ1n) is 6.36. The molecule has 104 valence electrons. The molecule has 1 fully saturated rings. The normalized spacial score (nSPS) is 18.7. The van der Waals surface area contributed by atoms with Crippen LogP contribution in [0.4, 0.5) is 0 Å². The Bertz CT molecular complexity index is 288. The molecule has 0 bridgehead atoms. The highest BCUT2D eigenvalue weighted by molar-refractivity contribution is 5.81. The molecule has 1 rings (SSSR count). The summed E-state index contributed by atoms with van der Waals surface area (Å²) in [6.07, 6.45) is 2.60. The van der Waals surface area contributed by atoms with Gasteiger partial charge in [0, 0.05) is 33.2 Å². The van der Waals surface area contributed by atoms with E-state index in [1.807, 2.05) is 0 Å². The van der Waals surface area contributed by atoms with E-state index in [1.54, 1.807) is 12.0 Å². The molecule has 0 aliphatic carbocycles. The fourth-order valence-electron chi connectivity index (χ4n) is 2.24. The van der Waals surface area contributed by atoms with Crippen molar-refractivity contribution in [2.45, 2.75) is 31.7 Å². The van der Waals surface area contributed by atoms with Crippen molar-refractivity contribution in [2.24, 2.45) is 17.4 Å². The fourth-order valence-corrected chi connectivity index (χ4v) is 2.24. The first-order chi connectivity index (χ1) is 8.54. The molecule has 18 heavy (non-hydrogen) atoms. The molecule has 0 saturated carbocycles. The van der Waals surface area contributed by atoms with Crippen LogP contribution >= 0.6 is 0 Å². The van der Waals surface area contributed by atoms with Crippen molar-refractivity contribution in [2.75, 3.05) is 26.8 Å². The Balaban J connectivity index is 2.33. The molecule has 1 unspecified atom stereocenters. The molecule has 1 atom stereocenters. The molecule has 4 N–H and O–H groups in total. The molecule has 1 aliphatic rings. The Morgan fingerprint density at radius 1 is 1.39 bits per heavy atom. The van der Waals surface area contributed by atoms with E-state index in [9.17, 15) is 9.59 Å². The predicted molar refractivity (Wildman–Crippen MR) is 67.6 cm³/mol. The highest BCUT2D eigenvalue weighted by Gasteiger charge is 2.26. The fraction of sp³-hybridized carbons (Fsp3) is 0.833. The minimum atomic E-state index is -0.488. The van der Waals surface area contributed by atoms with Gasteiger partial charge in [0.05, 0.1) is 6.04 Å². The van der Waals surface area contributed by atoms with E-state index in [0.29, 0.717) is 38.5 Å². The molecule has 1 saturated heterocycles. The van der Waals surface area contributed by atoms with E-state index < -0.39 is 6.04 Å². The number of carbonyl (C=O) groups excluding carboxylic acids is 2. The van der Waals surface area contributed by atoms with Gasteiger partial charge in [-0.05, 0) is 25.2 Å². The number of nitrogens with zero attached hydrogens (tertiary/aromatic N) is 1. The summed E-state index contributed by atoms with van der Waals surface area (Å²) in [6.45, 7) is 1.82. The minimum Gasteiger partial charge on any atom is -0.385 e. The Hall–Kier alpha value is -1.14. The summed E-state index contributed by atoms with van der Waals surface area (Å²) < 4.78 is 4.91. The van der Waals surface area contributed by atoms with Crippen LogP contribution in [0.15, 0.2) is 0 Å². The number of likely N-dealkylation sites (tertiary alicyclic amines) is 1. The van der Waals surface area contributed by atoms with Crippen LogP contribution in [-0.2, 0) is 14.3 Å². The zero-order valence-corrected chi connectivity index (χ0v) is 10.9. The van der Waals surface area contributed by atoms with Crippen LogP contribution < -0.4 is 11.5 Å². The molecule has 6 nitrogen and oxygen atoms in total. The van der Waals surface area contributed by atoms with Crippen molar-refractivity contribution in [3.63, 3.8) is 0 Å². The molecule has 0 spiro atoms. The lowest BCUT2D eigenvalue weighted by Crippen LogP contribution is -2.47. The Kier molecular flexibility index (Phi) is 6.07.